The molecule has 0 aliphatic rings. The van der Waals surface area contributed by atoms with E-state index in [0.717, 1.165) is 5.56 Å². The van der Waals surface area contributed by atoms with Gasteiger partial charge in [-0.25, -0.2) is 4.79 Å². The van der Waals surface area contributed by atoms with Crippen molar-refractivity contribution < 1.29 is 14.6 Å². The summed E-state index contributed by atoms with van der Waals surface area (Å²) in [6.45, 7) is 6.18. The van der Waals surface area contributed by atoms with E-state index >= 15 is 0 Å². The molecule has 0 heterocycles. The second-order valence-corrected chi connectivity index (χ2v) is 6.71. The molecule has 0 aromatic heterocycles. The molecular weight excluding hydrogens is 308 g/mol. The molecule has 4 heteroatoms. The molecule has 1 atom stereocenters. The minimum Gasteiger partial charge on any atom is -0.462 e. The number of rotatable bonds is 5. The number of esters is 1. The molecule has 0 fully saturated rings. The molecule has 0 saturated carbocycles. The fourth-order valence-corrected chi connectivity index (χ4v) is 2.50. The van der Waals surface area contributed by atoms with E-state index in [9.17, 15) is 9.90 Å². The monoisotopic (exact) mass is 330 g/mol. The van der Waals surface area contributed by atoms with Gasteiger partial charge in [-0.15, -0.1) is 12.6 Å². The first kappa shape index (κ1) is 17.6. The van der Waals surface area contributed by atoms with Crippen LogP contribution in [0.5, 0.6) is 0 Å². The van der Waals surface area contributed by atoms with Gasteiger partial charge in [0.1, 0.15) is 0 Å². The predicted molar refractivity (Wildman–Crippen MR) is 94.7 cm³/mol. The Morgan fingerprint density at radius 3 is 2.43 bits per heavy atom. The molecule has 0 radical (unpaired) electrons. The zero-order chi connectivity index (χ0) is 17.0. The third-order valence-corrected chi connectivity index (χ3v) is 4.10. The first-order valence-electron chi connectivity index (χ1n) is 7.61. The summed E-state index contributed by atoms with van der Waals surface area (Å²) in [6, 6.07) is 14.4. The van der Waals surface area contributed by atoms with E-state index < -0.39 is 4.93 Å². The van der Waals surface area contributed by atoms with Gasteiger partial charge >= 0.3 is 5.97 Å². The van der Waals surface area contributed by atoms with Crippen LogP contribution in [0.3, 0.4) is 0 Å². The van der Waals surface area contributed by atoms with Crippen LogP contribution in [-0.2, 0) is 9.67 Å². The molecule has 0 aliphatic heterocycles. The van der Waals surface area contributed by atoms with E-state index in [1.165, 1.54) is 0 Å². The van der Waals surface area contributed by atoms with Crippen LogP contribution in [0, 0.1) is 12.8 Å². The maximum absolute atomic E-state index is 12.3. The Kier molecular flexibility index (Phi) is 5.50. The third kappa shape index (κ3) is 4.15. The number of carbonyl (C=O) groups is 1. The number of benzene rings is 2. The highest BCUT2D eigenvalue weighted by Crippen LogP contribution is 2.34. The summed E-state index contributed by atoms with van der Waals surface area (Å²) in [5, 5.41) is 10.8. The highest BCUT2D eigenvalue weighted by Gasteiger charge is 2.28. The van der Waals surface area contributed by atoms with Crippen molar-refractivity contribution in [1.82, 2.24) is 0 Å². The Morgan fingerprint density at radius 1 is 1.17 bits per heavy atom. The molecule has 0 bridgehead atoms. The summed E-state index contributed by atoms with van der Waals surface area (Å²) >= 11 is 4.40. The summed E-state index contributed by atoms with van der Waals surface area (Å²) in [7, 11) is 0. The highest BCUT2D eigenvalue weighted by atomic mass is 32.1. The molecule has 122 valence electrons. The van der Waals surface area contributed by atoms with Gasteiger partial charge in [0.2, 0.25) is 0 Å². The molecule has 2 aromatic carbocycles. The maximum Gasteiger partial charge on any atom is 0.338 e. The standard InChI is InChI=1S/C19H22O3S/c1-13(2)12-22-18(20)17-11-16(10-9-14(17)3)19(21,23)15-7-5-4-6-8-15/h4-11,13,21,23H,12H2,1-3H3. The van der Waals surface area contributed by atoms with E-state index in [1.54, 1.807) is 30.3 Å². The Balaban J connectivity index is 2.35. The van der Waals surface area contributed by atoms with Crippen LogP contribution in [0.4, 0.5) is 0 Å². The Hall–Kier alpha value is -1.78. The van der Waals surface area contributed by atoms with Gasteiger partial charge in [0.05, 0.1) is 12.2 Å². The Labute approximate surface area is 142 Å². The molecule has 0 spiro atoms. The van der Waals surface area contributed by atoms with Gasteiger partial charge in [-0.05, 0) is 35.6 Å². The van der Waals surface area contributed by atoms with Crippen LogP contribution in [0.15, 0.2) is 48.5 Å². The molecule has 0 aliphatic carbocycles. The predicted octanol–water partition coefficient (Wildman–Crippen LogP) is 3.93. The van der Waals surface area contributed by atoms with Crippen LogP contribution in [-0.4, -0.2) is 17.7 Å². The van der Waals surface area contributed by atoms with Gasteiger partial charge in [0.15, 0.2) is 4.93 Å². The second kappa shape index (κ2) is 7.20. The summed E-state index contributed by atoms with van der Waals surface area (Å²) in [4.78, 5) is 10.8. The zero-order valence-corrected chi connectivity index (χ0v) is 14.5. The van der Waals surface area contributed by atoms with Crippen LogP contribution in [0.2, 0.25) is 0 Å². The van der Waals surface area contributed by atoms with Crippen LogP contribution in [0.25, 0.3) is 0 Å². The topological polar surface area (TPSA) is 46.5 Å². The number of aliphatic hydroxyl groups is 1. The Morgan fingerprint density at radius 2 is 1.83 bits per heavy atom. The van der Waals surface area contributed by atoms with Gasteiger partial charge in [-0.2, -0.15) is 0 Å². The van der Waals surface area contributed by atoms with Crippen molar-refractivity contribution in [1.29, 1.82) is 0 Å². The molecule has 0 amide bonds. The smallest absolute Gasteiger partial charge is 0.338 e. The Bertz CT molecular complexity index is 678. The lowest BCUT2D eigenvalue weighted by Gasteiger charge is -2.24. The zero-order valence-electron chi connectivity index (χ0n) is 13.6. The second-order valence-electron chi connectivity index (χ2n) is 6.06. The maximum atomic E-state index is 12.3. The van der Waals surface area contributed by atoms with Crippen molar-refractivity contribution in [2.75, 3.05) is 6.61 Å². The number of hydrogen-bond acceptors (Lipinski definition) is 4. The molecule has 2 aromatic rings. The van der Waals surface area contributed by atoms with Crippen LogP contribution in [0.1, 0.15) is 40.9 Å². The van der Waals surface area contributed by atoms with E-state index in [-0.39, 0.29) is 11.9 Å². The molecule has 1 unspecified atom stereocenters. The van der Waals surface area contributed by atoms with Gasteiger partial charge in [0.25, 0.3) is 0 Å². The molecule has 3 nitrogen and oxygen atoms in total. The van der Waals surface area contributed by atoms with Crippen LogP contribution >= 0.6 is 12.6 Å². The lowest BCUT2D eigenvalue weighted by atomic mass is 9.96. The lowest BCUT2D eigenvalue weighted by Crippen LogP contribution is -2.21. The van der Waals surface area contributed by atoms with E-state index in [4.69, 9.17) is 4.74 Å². The first-order chi connectivity index (χ1) is 10.8. The van der Waals surface area contributed by atoms with Crippen molar-refractivity contribution in [3.8, 4) is 0 Å². The SMILES string of the molecule is Cc1ccc(C(O)(S)c2ccccc2)cc1C(=O)OCC(C)C. The quantitative estimate of drug-likeness (QED) is 0.496. The van der Waals surface area contributed by atoms with Crippen molar-refractivity contribution >= 4 is 18.6 Å². The van der Waals surface area contributed by atoms with Crippen molar-refractivity contribution in [2.24, 2.45) is 5.92 Å². The third-order valence-electron chi connectivity index (χ3n) is 3.58. The van der Waals surface area contributed by atoms with Crippen molar-refractivity contribution in [3.63, 3.8) is 0 Å². The number of aryl methyl sites for hydroxylation is 1. The summed E-state index contributed by atoms with van der Waals surface area (Å²) in [6.07, 6.45) is 0. The van der Waals surface area contributed by atoms with Gasteiger partial charge in [-0.3, -0.25) is 0 Å². The summed E-state index contributed by atoms with van der Waals surface area (Å²) in [5.41, 5.74) is 2.44. The molecule has 1 N–H and O–H groups in total. The summed E-state index contributed by atoms with van der Waals surface area (Å²) in [5.74, 6) is -0.108. The van der Waals surface area contributed by atoms with Gasteiger partial charge in [0, 0.05) is 0 Å². The molecule has 23 heavy (non-hydrogen) atoms. The summed E-state index contributed by atoms with van der Waals surface area (Å²) < 4.78 is 5.30. The molecule has 2 rings (SSSR count). The van der Waals surface area contributed by atoms with Gasteiger partial charge in [-0.1, -0.05) is 56.3 Å². The highest BCUT2D eigenvalue weighted by molar-refractivity contribution is 7.81. The average Bonchev–Trinajstić information content (AvgIpc) is 2.53. The normalized spacial score (nSPS) is 13.7. The van der Waals surface area contributed by atoms with E-state index in [0.29, 0.717) is 23.3 Å². The fraction of sp³-hybridized carbons (Fsp3) is 0.316. The minimum atomic E-state index is -1.47. The lowest BCUT2D eigenvalue weighted by molar-refractivity contribution is 0.0457. The van der Waals surface area contributed by atoms with Gasteiger partial charge < -0.3 is 9.84 Å². The number of ether oxygens (including phenoxy) is 1. The number of hydrogen-bond donors (Lipinski definition) is 2. The average molecular weight is 330 g/mol. The van der Waals surface area contributed by atoms with E-state index in [1.807, 2.05) is 39.0 Å². The fourth-order valence-electron chi connectivity index (χ4n) is 2.22. The number of carbonyl (C=O) groups excluding carboxylic acids is 1. The van der Waals surface area contributed by atoms with Crippen molar-refractivity contribution in [3.05, 3.63) is 70.8 Å². The van der Waals surface area contributed by atoms with Crippen LogP contribution < -0.4 is 0 Å². The number of thiol groups is 1. The first-order valence-corrected chi connectivity index (χ1v) is 8.05. The minimum absolute atomic E-state index is 0.272. The molecular formula is C19H22O3S. The molecule has 0 saturated heterocycles. The largest absolute Gasteiger partial charge is 0.462 e. The van der Waals surface area contributed by atoms with E-state index in [2.05, 4.69) is 12.6 Å². The van der Waals surface area contributed by atoms with Crippen molar-refractivity contribution in [2.45, 2.75) is 25.7 Å².